The van der Waals surface area contributed by atoms with E-state index in [4.69, 9.17) is 0 Å². The molecular formula is C29H30N4O3. The molecule has 0 spiro atoms. The minimum absolute atomic E-state index is 0.163. The van der Waals surface area contributed by atoms with Gasteiger partial charge in [0.05, 0.1) is 16.7 Å². The zero-order valence-electron chi connectivity index (χ0n) is 21.0. The average Bonchev–Trinajstić information content (AvgIpc) is 2.89. The molecule has 2 amide bonds. The maximum Gasteiger partial charge on any atom is 0.278 e. The summed E-state index contributed by atoms with van der Waals surface area (Å²) in [5, 5.41) is 5.86. The molecule has 36 heavy (non-hydrogen) atoms. The number of nitrogens with one attached hydrogen (secondary N) is 2. The van der Waals surface area contributed by atoms with Gasteiger partial charge in [-0.05, 0) is 56.2 Å². The van der Waals surface area contributed by atoms with Crippen molar-refractivity contribution in [2.24, 2.45) is 0 Å². The molecule has 0 saturated carbocycles. The summed E-state index contributed by atoms with van der Waals surface area (Å²) in [5.41, 5.74) is 4.60. The molecule has 0 bridgehead atoms. The molecule has 0 radical (unpaired) electrons. The highest BCUT2D eigenvalue weighted by atomic mass is 16.2. The number of benzene rings is 3. The van der Waals surface area contributed by atoms with Gasteiger partial charge < -0.3 is 10.6 Å². The number of nitrogens with zero attached hydrogens (tertiary/aromatic N) is 2. The van der Waals surface area contributed by atoms with Crippen molar-refractivity contribution in [1.82, 2.24) is 9.55 Å². The van der Waals surface area contributed by atoms with Gasteiger partial charge in [0.25, 0.3) is 5.56 Å². The van der Waals surface area contributed by atoms with Crippen LogP contribution < -0.4 is 16.2 Å². The summed E-state index contributed by atoms with van der Waals surface area (Å²) in [4.78, 5) is 44.2. The van der Waals surface area contributed by atoms with Crippen LogP contribution in [0.2, 0.25) is 0 Å². The number of para-hydroxylation sites is 3. The van der Waals surface area contributed by atoms with Crippen LogP contribution in [0.25, 0.3) is 22.3 Å². The first-order valence-corrected chi connectivity index (χ1v) is 12.1. The number of aryl methyl sites for hydroxylation is 2. The Labute approximate surface area is 210 Å². The lowest BCUT2D eigenvalue weighted by Crippen LogP contribution is -2.33. The maximum absolute atomic E-state index is 13.9. The standard InChI is InChI=1S/C29H30N4O3/c1-5-20-11-7-8-12-22(20)32-28(35)19(4)33-25-14-10-9-13-24(25)31-27(29(33)36)21-17-18(3)15-16-23(21)30-26(34)6-2/h7-17,19H,5-6H2,1-4H3,(H,30,34)(H,32,35). The van der Waals surface area contributed by atoms with E-state index in [1.165, 1.54) is 4.57 Å². The normalized spacial score (nSPS) is 11.8. The van der Waals surface area contributed by atoms with E-state index in [9.17, 15) is 14.4 Å². The summed E-state index contributed by atoms with van der Waals surface area (Å²) >= 11 is 0. The van der Waals surface area contributed by atoms with Crippen molar-refractivity contribution in [2.75, 3.05) is 10.6 Å². The largest absolute Gasteiger partial charge is 0.325 e. The molecule has 2 N–H and O–H groups in total. The molecule has 0 aliphatic carbocycles. The predicted octanol–water partition coefficient (Wildman–Crippen LogP) is 5.48. The Kier molecular flexibility index (Phi) is 7.29. The van der Waals surface area contributed by atoms with Gasteiger partial charge in [0.1, 0.15) is 11.7 Å². The molecule has 7 heteroatoms. The Morgan fingerprint density at radius 3 is 2.42 bits per heavy atom. The van der Waals surface area contributed by atoms with Gasteiger partial charge >= 0.3 is 0 Å². The van der Waals surface area contributed by atoms with Crippen LogP contribution in [0.1, 0.15) is 44.4 Å². The van der Waals surface area contributed by atoms with E-state index in [1.807, 2.05) is 68.4 Å². The first-order valence-electron chi connectivity index (χ1n) is 12.1. The minimum atomic E-state index is -0.812. The smallest absolute Gasteiger partial charge is 0.278 e. The number of carbonyl (C=O) groups is 2. The molecule has 7 nitrogen and oxygen atoms in total. The second-order valence-electron chi connectivity index (χ2n) is 8.75. The van der Waals surface area contributed by atoms with E-state index >= 15 is 0 Å². The van der Waals surface area contributed by atoms with Crippen molar-refractivity contribution in [3.63, 3.8) is 0 Å². The van der Waals surface area contributed by atoms with Gasteiger partial charge in [0.2, 0.25) is 11.8 Å². The molecular weight excluding hydrogens is 452 g/mol. The number of aromatic nitrogens is 2. The number of hydrogen-bond acceptors (Lipinski definition) is 4. The summed E-state index contributed by atoms with van der Waals surface area (Å²) in [5.74, 6) is -0.465. The van der Waals surface area contributed by atoms with Crippen molar-refractivity contribution >= 4 is 34.2 Å². The molecule has 1 unspecified atom stereocenters. The van der Waals surface area contributed by atoms with Gasteiger partial charge in [-0.1, -0.05) is 55.8 Å². The lowest BCUT2D eigenvalue weighted by atomic mass is 10.0. The van der Waals surface area contributed by atoms with Crippen molar-refractivity contribution in [3.8, 4) is 11.3 Å². The van der Waals surface area contributed by atoms with Crippen LogP contribution in [0.3, 0.4) is 0 Å². The highest BCUT2D eigenvalue weighted by Crippen LogP contribution is 2.28. The van der Waals surface area contributed by atoms with Gasteiger partial charge in [-0.25, -0.2) is 4.98 Å². The highest BCUT2D eigenvalue weighted by molar-refractivity contribution is 5.97. The van der Waals surface area contributed by atoms with E-state index in [0.29, 0.717) is 28.7 Å². The first-order chi connectivity index (χ1) is 17.3. The fourth-order valence-electron chi connectivity index (χ4n) is 4.22. The fourth-order valence-corrected chi connectivity index (χ4v) is 4.22. The molecule has 0 saturated heterocycles. The molecule has 1 aromatic heterocycles. The van der Waals surface area contributed by atoms with Gasteiger partial charge in [-0.15, -0.1) is 0 Å². The van der Waals surface area contributed by atoms with E-state index in [2.05, 4.69) is 15.6 Å². The molecule has 3 aromatic carbocycles. The molecule has 184 valence electrons. The van der Waals surface area contributed by atoms with Crippen LogP contribution in [0, 0.1) is 6.92 Å². The SMILES string of the molecule is CCC(=O)Nc1ccc(C)cc1-c1nc2ccccc2n(C(C)C(=O)Nc2ccccc2CC)c1=O. The summed E-state index contributed by atoms with van der Waals surface area (Å²) in [6, 6.07) is 19.5. The summed E-state index contributed by atoms with van der Waals surface area (Å²) in [6.07, 6.45) is 1.08. The van der Waals surface area contributed by atoms with E-state index < -0.39 is 11.6 Å². The third-order valence-corrected chi connectivity index (χ3v) is 6.24. The maximum atomic E-state index is 13.9. The molecule has 0 aliphatic heterocycles. The van der Waals surface area contributed by atoms with Crippen LogP contribution in [0.4, 0.5) is 11.4 Å². The van der Waals surface area contributed by atoms with Gasteiger partial charge in [-0.2, -0.15) is 0 Å². The second kappa shape index (κ2) is 10.6. The number of hydrogen-bond donors (Lipinski definition) is 2. The number of fused-ring (bicyclic) bond motifs is 1. The Bertz CT molecular complexity index is 1510. The molecule has 0 fully saturated rings. The third kappa shape index (κ3) is 4.91. The monoisotopic (exact) mass is 482 g/mol. The predicted molar refractivity (Wildman–Crippen MR) is 144 cm³/mol. The Morgan fingerprint density at radius 1 is 0.944 bits per heavy atom. The van der Waals surface area contributed by atoms with Gasteiger partial charge in [-0.3, -0.25) is 19.0 Å². The molecule has 4 rings (SSSR count). The molecule has 4 aromatic rings. The zero-order chi connectivity index (χ0) is 25.8. The van der Waals surface area contributed by atoms with Crippen molar-refractivity contribution in [1.29, 1.82) is 0 Å². The lowest BCUT2D eigenvalue weighted by molar-refractivity contribution is -0.119. The summed E-state index contributed by atoms with van der Waals surface area (Å²) in [7, 11) is 0. The van der Waals surface area contributed by atoms with Gasteiger partial charge in [0.15, 0.2) is 0 Å². The number of anilines is 2. The number of amides is 2. The third-order valence-electron chi connectivity index (χ3n) is 6.24. The fraction of sp³-hybridized carbons (Fsp3) is 0.241. The number of rotatable bonds is 7. The second-order valence-corrected chi connectivity index (χ2v) is 8.75. The van der Waals surface area contributed by atoms with Crippen LogP contribution in [0.15, 0.2) is 71.5 Å². The Morgan fingerprint density at radius 2 is 1.67 bits per heavy atom. The van der Waals surface area contributed by atoms with E-state index in [0.717, 1.165) is 23.2 Å². The topological polar surface area (TPSA) is 93.1 Å². The van der Waals surface area contributed by atoms with E-state index in [-0.39, 0.29) is 17.5 Å². The van der Waals surface area contributed by atoms with Crippen LogP contribution in [0.5, 0.6) is 0 Å². The average molecular weight is 483 g/mol. The minimum Gasteiger partial charge on any atom is -0.325 e. The summed E-state index contributed by atoms with van der Waals surface area (Å²) in [6.45, 7) is 7.41. The van der Waals surface area contributed by atoms with Crippen LogP contribution >= 0.6 is 0 Å². The van der Waals surface area contributed by atoms with Gasteiger partial charge in [0, 0.05) is 17.7 Å². The van der Waals surface area contributed by atoms with E-state index in [1.54, 1.807) is 26.0 Å². The van der Waals surface area contributed by atoms with Crippen molar-refractivity contribution in [3.05, 3.63) is 88.2 Å². The van der Waals surface area contributed by atoms with Crippen LogP contribution in [-0.2, 0) is 16.0 Å². The molecule has 1 heterocycles. The Hall–Kier alpha value is -4.26. The molecule has 1 atom stereocenters. The summed E-state index contributed by atoms with van der Waals surface area (Å²) < 4.78 is 1.48. The number of carbonyl (C=O) groups excluding carboxylic acids is 2. The van der Waals surface area contributed by atoms with Crippen LogP contribution in [-0.4, -0.2) is 21.4 Å². The quantitative estimate of drug-likeness (QED) is 0.365. The van der Waals surface area contributed by atoms with Crippen molar-refractivity contribution < 1.29 is 9.59 Å². The molecule has 0 aliphatic rings. The highest BCUT2D eigenvalue weighted by Gasteiger charge is 2.24. The first kappa shape index (κ1) is 24.9. The van der Waals surface area contributed by atoms with Crippen molar-refractivity contribution in [2.45, 2.75) is 46.6 Å². The lowest BCUT2D eigenvalue weighted by Gasteiger charge is -2.20. The zero-order valence-corrected chi connectivity index (χ0v) is 21.0. The Balaban J connectivity index is 1.87.